The molecule has 2 aliphatic rings. The van der Waals surface area contributed by atoms with E-state index in [0.717, 1.165) is 37.1 Å². The van der Waals surface area contributed by atoms with Gasteiger partial charge in [0.2, 0.25) is 5.88 Å². The molecule has 1 saturated heterocycles. The molecule has 1 aromatic carbocycles. The number of hydrogen-bond donors (Lipinski definition) is 3. The number of fused-ring (bicyclic) bond motifs is 1. The fraction of sp³-hybridized carbons (Fsp3) is 0.333. The van der Waals surface area contributed by atoms with Gasteiger partial charge in [-0.1, -0.05) is 12.1 Å². The van der Waals surface area contributed by atoms with Gasteiger partial charge >= 0.3 is 6.09 Å². The Morgan fingerprint density at radius 2 is 2.17 bits per heavy atom. The van der Waals surface area contributed by atoms with Crippen molar-refractivity contribution in [3.63, 3.8) is 0 Å². The van der Waals surface area contributed by atoms with Crippen molar-refractivity contribution in [2.24, 2.45) is 0 Å². The Morgan fingerprint density at radius 3 is 2.96 bits per heavy atom. The molecule has 0 bridgehead atoms. The number of para-hydroxylation sites is 1. The topological polar surface area (TPSA) is 83.5 Å². The minimum absolute atomic E-state index is 0.165. The van der Waals surface area contributed by atoms with Crippen LogP contribution in [0.5, 0.6) is 11.6 Å². The van der Waals surface area contributed by atoms with Gasteiger partial charge in [-0.3, -0.25) is 0 Å². The summed E-state index contributed by atoms with van der Waals surface area (Å²) in [6.07, 6.45) is 1.70. The smallest absolute Gasteiger partial charge is 0.414 e. The number of nitrogens with one attached hydrogen (secondary N) is 2. The number of carbonyl (C=O) groups is 1. The van der Waals surface area contributed by atoms with Crippen LogP contribution in [0.4, 0.5) is 4.79 Å². The second-order valence-electron chi connectivity index (χ2n) is 6.18. The van der Waals surface area contributed by atoms with Crippen LogP contribution in [-0.2, 0) is 6.54 Å². The molecular weight excluding hydrogens is 306 g/mol. The molecule has 2 aliphatic heterocycles. The number of benzene rings is 1. The lowest BCUT2D eigenvalue weighted by atomic mass is 9.87. The normalized spacial score (nSPS) is 20.0. The molecule has 6 heteroatoms. The molecule has 24 heavy (non-hydrogen) atoms. The number of hydrogen-bond acceptors (Lipinski definition) is 5. The van der Waals surface area contributed by atoms with Crippen LogP contribution in [0, 0.1) is 0 Å². The molecule has 0 radical (unpaired) electrons. The molecule has 1 atom stereocenters. The van der Waals surface area contributed by atoms with Gasteiger partial charge in [0.05, 0.1) is 12.2 Å². The van der Waals surface area contributed by atoms with Gasteiger partial charge in [-0.25, -0.2) is 9.78 Å². The highest BCUT2D eigenvalue weighted by Crippen LogP contribution is 2.37. The summed E-state index contributed by atoms with van der Waals surface area (Å²) in [5.41, 5.74) is 3.33. The number of phenols is 1. The predicted octanol–water partition coefficient (Wildman–Crippen LogP) is 2.52. The molecule has 1 amide bonds. The van der Waals surface area contributed by atoms with E-state index in [1.807, 2.05) is 18.2 Å². The average Bonchev–Trinajstić information content (AvgIpc) is 2.61. The fourth-order valence-electron chi connectivity index (χ4n) is 3.42. The number of carbonyl (C=O) groups excluding carboxylic acids is 1. The highest BCUT2D eigenvalue weighted by atomic mass is 16.6. The minimum atomic E-state index is -0.489. The number of ether oxygens (including phenoxy) is 1. The van der Waals surface area contributed by atoms with Gasteiger partial charge in [-0.05, 0) is 49.1 Å². The Bertz CT molecular complexity index is 785. The van der Waals surface area contributed by atoms with E-state index in [9.17, 15) is 9.90 Å². The number of amides is 1. The summed E-state index contributed by atoms with van der Waals surface area (Å²) >= 11 is 0. The monoisotopic (exact) mass is 325 g/mol. The van der Waals surface area contributed by atoms with Crippen molar-refractivity contribution in [3.8, 4) is 22.9 Å². The average molecular weight is 325 g/mol. The largest absolute Gasteiger partial charge is 0.507 e. The van der Waals surface area contributed by atoms with Crippen LogP contribution in [0.1, 0.15) is 29.9 Å². The van der Waals surface area contributed by atoms with Crippen molar-refractivity contribution >= 4 is 6.09 Å². The molecule has 6 nitrogen and oxygen atoms in total. The first-order valence-corrected chi connectivity index (χ1v) is 8.21. The predicted molar refractivity (Wildman–Crippen MR) is 89.0 cm³/mol. The summed E-state index contributed by atoms with van der Waals surface area (Å²) in [7, 11) is 0. The van der Waals surface area contributed by atoms with Crippen LogP contribution in [0.2, 0.25) is 0 Å². The highest BCUT2D eigenvalue weighted by Gasteiger charge is 2.27. The van der Waals surface area contributed by atoms with E-state index < -0.39 is 6.09 Å². The number of phenolic OH excluding ortho intramolecular Hbond substituents is 1. The molecule has 124 valence electrons. The van der Waals surface area contributed by atoms with E-state index in [-0.39, 0.29) is 5.75 Å². The van der Waals surface area contributed by atoms with Gasteiger partial charge in [0.1, 0.15) is 5.75 Å². The number of piperidine rings is 1. The third kappa shape index (κ3) is 2.69. The van der Waals surface area contributed by atoms with Crippen LogP contribution in [-0.4, -0.2) is 29.3 Å². The van der Waals surface area contributed by atoms with Crippen LogP contribution in [0.15, 0.2) is 30.3 Å². The number of nitrogens with zero attached hydrogens (tertiary/aromatic N) is 1. The number of aromatic nitrogens is 1. The second kappa shape index (κ2) is 6.13. The molecule has 0 saturated carbocycles. The lowest BCUT2D eigenvalue weighted by Crippen LogP contribution is -2.34. The Kier molecular flexibility index (Phi) is 3.82. The van der Waals surface area contributed by atoms with Crippen LogP contribution >= 0.6 is 0 Å². The second-order valence-corrected chi connectivity index (χ2v) is 6.18. The number of aromatic hydroxyl groups is 1. The Labute approximate surface area is 139 Å². The zero-order valence-corrected chi connectivity index (χ0v) is 13.2. The third-order valence-corrected chi connectivity index (χ3v) is 4.64. The molecule has 0 spiro atoms. The Morgan fingerprint density at radius 1 is 1.29 bits per heavy atom. The highest BCUT2D eigenvalue weighted by molar-refractivity contribution is 5.75. The van der Waals surface area contributed by atoms with Crippen molar-refractivity contribution in [1.29, 1.82) is 0 Å². The molecular formula is C18H19N3O3. The zero-order valence-electron chi connectivity index (χ0n) is 13.2. The minimum Gasteiger partial charge on any atom is -0.507 e. The van der Waals surface area contributed by atoms with E-state index >= 15 is 0 Å². The van der Waals surface area contributed by atoms with E-state index in [0.29, 0.717) is 29.6 Å². The maximum Gasteiger partial charge on any atom is 0.414 e. The summed E-state index contributed by atoms with van der Waals surface area (Å²) < 4.78 is 5.30. The summed E-state index contributed by atoms with van der Waals surface area (Å²) in [5.74, 6) is 0.858. The van der Waals surface area contributed by atoms with Crippen molar-refractivity contribution in [1.82, 2.24) is 15.6 Å². The first-order valence-electron chi connectivity index (χ1n) is 8.21. The van der Waals surface area contributed by atoms with Gasteiger partial charge in [0.15, 0.2) is 0 Å². The number of pyridine rings is 1. The maximum atomic E-state index is 11.6. The van der Waals surface area contributed by atoms with E-state index in [2.05, 4.69) is 15.6 Å². The molecule has 3 N–H and O–H groups in total. The van der Waals surface area contributed by atoms with Gasteiger partial charge in [0.25, 0.3) is 0 Å². The molecule has 1 unspecified atom stereocenters. The summed E-state index contributed by atoms with van der Waals surface area (Å²) in [4.78, 5) is 16.1. The molecule has 4 rings (SSSR count). The van der Waals surface area contributed by atoms with Crippen LogP contribution < -0.4 is 15.4 Å². The lowest BCUT2D eigenvalue weighted by molar-refractivity contribution is 0.192. The lowest BCUT2D eigenvalue weighted by Gasteiger charge is -2.28. The summed E-state index contributed by atoms with van der Waals surface area (Å²) in [5, 5.41) is 16.3. The standard InChI is InChI=1S/C18H19N3O3/c22-16-6-2-1-5-12(16)15-8-13(11-4-3-7-19-9-11)14-10-20-18(23)24-17(14)21-15/h1-2,5-6,8,11,19,22H,3-4,7,9-10H2,(H,20,23). The van der Waals surface area contributed by atoms with Crippen molar-refractivity contribution in [2.75, 3.05) is 13.1 Å². The maximum absolute atomic E-state index is 11.6. The van der Waals surface area contributed by atoms with Gasteiger partial charge < -0.3 is 20.5 Å². The van der Waals surface area contributed by atoms with Crippen LogP contribution in [0.3, 0.4) is 0 Å². The Balaban J connectivity index is 1.85. The summed E-state index contributed by atoms with van der Waals surface area (Å²) in [6, 6.07) is 9.09. The van der Waals surface area contributed by atoms with Gasteiger partial charge in [-0.15, -0.1) is 0 Å². The van der Waals surface area contributed by atoms with Crippen molar-refractivity contribution < 1.29 is 14.6 Å². The first-order chi connectivity index (χ1) is 11.7. The first kappa shape index (κ1) is 15.0. The van der Waals surface area contributed by atoms with E-state index in [4.69, 9.17) is 4.74 Å². The van der Waals surface area contributed by atoms with Crippen molar-refractivity contribution in [3.05, 3.63) is 41.5 Å². The molecule has 1 fully saturated rings. The molecule has 0 aliphatic carbocycles. The Hall–Kier alpha value is -2.60. The van der Waals surface area contributed by atoms with Gasteiger partial charge in [-0.2, -0.15) is 0 Å². The fourth-order valence-corrected chi connectivity index (χ4v) is 3.42. The summed E-state index contributed by atoms with van der Waals surface area (Å²) in [6.45, 7) is 2.35. The number of rotatable bonds is 2. The molecule has 2 aromatic rings. The van der Waals surface area contributed by atoms with Gasteiger partial charge in [0, 0.05) is 17.7 Å². The third-order valence-electron chi connectivity index (χ3n) is 4.64. The SMILES string of the molecule is O=C1NCc2c(C3CCCNC3)cc(-c3ccccc3O)nc2O1. The van der Waals surface area contributed by atoms with E-state index in [1.54, 1.807) is 12.1 Å². The van der Waals surface area contributed by atoms with Crippen molar-refractivity contribution in [2.45, 2.75) is 25.3 Å². The zero-order chi connectivity index (χ0) is 16.5. The quantitative estimate of drug-likeness (QED) is 0.790. The molecule has 3 heterocycles. The van der Waals surface area contributed by atoms with E-state index in [1.165, 1.54) is 0 Å². The van der Waals surface area contributed by atoms with Crippen LogP contribution in [0.25, 0.3) is 11.3 Å². The molecule has 1 aromatic heterocycles.